The van der Waals surface area contributed by atoms with Crippen LogP contribution in [0.15, 0.2) is 0 Å². The maximum absolute atomic E-state index is 4.46. The van der Waals surface area contributed by atoms with E-state index in [0.29, 0.717) is 5.25 Å². The molecule has 0 aliphatic heterocycles. The van der Waals surface area contributed by atoms with Gasteiger partial charge in [0.15, 0.2) is 0 Å². The molecule has 13 heavy (non-hydrogen) atoms. The van der Waals surface area contributed by atoms with Gasteiger partial charge < -0.3 is 0 Å². The third-order valence-electron chi connectivity index (χ3n) is 1.38. The van der Waals surface area contributed by atoms with Gasteiger partial charge >= 0.3 is 0 Å². The van der Waals surface area contributed by atoms with Gasteiger partial charge in [0.05, 0.1) is 0 Å². The highest BCUT2D eigenvalue weighted by Gasteiger charge is 2.00. The second-order valence-corrected chi connectivity index (χ2v) is 6.58. The van der Waals surface area contributed by atoms with E-state index in [0.717, 1.165) is 23.7 Å². The fraction of sp³-hybridized carbons (Fsp3) is 1.00. The molecular weight excluding hydrogens is 256 g/mol. The van der Waals surface area contributed by atoms with Crippen molar-refractivity contribution in [3.05, 3.63) is 0 Å². The lowest BCUT2D eigenvalue weighted by Gasteiger charge is -2.07. The van der Waals surface area contributed by atoms with Gasteiger partial charge in [0.1, 0.15) is 0 Å². The van der Waals surface area contributed by atoms with Crippen LogP contribution in [0.1, 0.15) is 6.42 Å². The van der Waals surface area contributed by atoms with Crippen LogP contribution in [0.3, 0.4) is 0 Å². The predicted molar refractivity (Wildman–Crippen MR) is 79.7 cm³/mol. The van der Waals surface area contributed by atoms with E-state index < -0.39 is 0 Å². The van der Waals surface area contributed by atoms with Crippen LogP contribution in [-0.2, 0) is 0 Å². The summed E-state index contributed by atoms with van der Waals surface area (Å²) in [6.07, 6.45) is 1.11. The minimum Gasteiger partial charge on any atom is -0.179 e. The number of rotatable bonds is 9. The van der Waals surface area contributed by atoms with E-state index in [9.17, 15) is 0 Å². The molecule has 0 N–H and O–H groups in total. The Bertz CT molecular complexity index is 98.5. The molecule has 0 heterocycles. The zero-order valence-electron chi connectivity index (χ0n) is 7.69. The molecule has 0 aromatic carbocycles. The van der Waals surface area contributed by atoms with Gasteiger partial charge in [-0.2, -0.15) is 61.4 Å². The van der Waals surface area contributed by atoms with Gasteiger partial charge in [-0.3, -0.25) is 0 Å². The Hall–Kier alpha value is 1.75. The van der Waals surface area contributed by atoms with Crippen LogP contribution < -0.4 is 0 Å². The molecule has 0 aliphatic rings. The van der Waals surface area contributed by atoms with Gasteiger partial charge in [-0.15, -0.1) is 0 Å². The lowest BCUT2D eigenvalue weighted by molar-refractivity contribution is 0.938. The summed E-state index contributed by atoms with van der Waals surface area (Å²) in [5.74, 6) is 6.75. The molecule has 0 aromatic rings. The molecule has 0 amide bonds. The molecule has 0 fully saturated rings. The van der Waals surface area contributed by atoms with Crippen LogP contribution in [0.5, 0.6) is 0 Å². The van der Waals surface area contributed by atoms with E-state index in [-0.39, 0.29) is 0 Å². The van der Waals surface area contributed by atoms with Gasteiger partial charge in [0, 0.05) is 28.3 Å². The summed E-state index contributed by atoms with van der Waals surface area (Å²) in [6.45, 7) is 0. The Morgan fingerprint density at radius 3 is 2.23 bits per heavy atom. The van der Waals surface area contributed by atoms with Gasteiger partial charge in [0.25, 0.3) is 0 Å². The maximum Gasteiger partial charge on any atom is 0.0115 e. The monoisotopic (exact) mass is 274 g/mol. The van der Waals surface area contributed by atoms with Crippen LogP contribution in [0, 0.1) is 0 Å². The van der Waals surface area contributed by atoms with Crippen molar-refractivity contribution >= 4 is 61.4 Å². The van der Waals surface area contributed by atoms with E-state index in [4.69, 9.17) is 0 Å². The highest BCUT2D eigenvalue weighted by molar-refractivity contribution is 8.03. The lowest BCUT2D eigenvalue weighted by Crippen LogP contribution is -2.04. The maximum atomic E-state index is 4.46. The van der Waals surface area contributed by atoms with E-state index in [2.05, 4.69) is 37.9 Å². The van der Waals surface area contributed by atoms with E-state index in [1.54, 1.807) is 0 Å². The van der Waals surface area contributed by atoms with Crippen molar-refractivity contribution in [2.45, 2.75) is 11.7 Å². The molecular formula is C8H18S5. The Kier molecular flexibility index (Phi) is 13.4. The summed E-state index contributed by atoms with van der Waals surface area (Å²) in [5, 5.41) is 0.525. The average Bonchev–Trinajstić information content (AvgIpc) is 2.11. The summed E-state index contributed by atoms with van der Waals surface area (Å²) in [4.78, 5) is 0. The summed E-state index contributed by atoms with van der Waals surface area (Å²) in [7, 11) is 0. The average molecular weight is 275 g/mol. The first-order valence-electron chi connectivity index (χ1n) is 4.36. The molecule has 0 radical (unpaired) electrons. The first-order chi connectivity index (χ1) is 6.31. The molecule has 1 unspecified atom stereocenters. The third kappa shape index (κ3) is 11.7. The van der Waals surface area contributed by atoms with E-state index >= 15 is 0 Å². The fourth-order valence-electron chi connectivity index (χ4n) is 0.736. The van der Waals surface area contributed by atoms with Gasteiger partial charge in [-0.25, -0.2) is 0 Å². The standard InChI is InChI=1S/C8H18S5/c9-2-1-8(11)7-13-6-5-12-4-3-10/h8-11H,1-7H2. The molecule has 80 valence electrons. The molecule has 0 saturated carbocycles. The molecule has 0 bridgehead atoms. The molecule has 1 atom stereocenters. The number of thioether (sulfide) groups is 2. The molecule has 5 heteroatoms. The first kappa shape index (κ1) is 14.8. The zero-order valence-corrected chi connectivity index (χ0v) is 12.0. The smallest absolute Gasteiger partial charge is 0.0115 e. The van der Waals surface area contributed by atoms with Crippen molar-refractivity contribution in [2.24, 2.45) is 0 Å². The summed E-state index contributed by atoms with van der Waals surface area (Å²) in [5.41, 5.74) is 0. The van der Waals surface area contributed by atoms with Crippen molar-refractivity contribution in [3.8, 4) is 0 Å². The first-order valence-corrected chi connectivity index (χ1v) is 8.45. The van der Waals surface area contributed by atoms with Crippen LogP contribution in [0.25, 0.3) is 0 Å². The largest absolute Gasteiger partial charge is 0.179 e. The number of hydrogen-bond donors (Lipinski definition) is 3. The summed E-state index contributed by atoms with van der Waals surface area (Å²) >= 11 is 16.8. The zero-order chi connectivity index (χ0) is 9.94. The SMILES string of the molecule is SCCSCCSCC(S)CCS. The topological polar surface area (TPSA) is 0 Å². The van der Waals surface area contributed by atoms with Gasteiger partial charge in [-0.1, -0.05) is 0 Å². The van der Waals surface area contributed by atoms with Crippen LogP contribution in [0.4, 0.5) is 0 Å². The van der Waals surface area contributed by atoms with Crippen molar-refractivity contribution < 1.29 is 0 Å². The van der Waals surface area contributed by atoms with Crippen molar-refractivity contribution in [2.75, 3.05) is 34.5 Å². The second kappa shape index (κ2) is 11.8. The Morgan fingerprint density at radius 2 is 1.62 bits per heavy atom. The number of hydrogen-bond acceptors (Lipinski definition) is 5. The summed E-state index contributed by atoms with van der Waals surface area (Å²) in [6, 6.07) is 0. The minimum absolute atomic E-state index is 0.525. The van der Waals surface area contributed by atoms with Crippen molar-refractivity contribution in [1.29, 1.82) is 0 Å². The highest BCUT2D eigenvalue weighted by Crippen LogP contribution is 2.13. The second-order valence-electron chi connectivity index (χ2n) is 2.58. The van der Waals surface area contributed by atoms with Crippen molar-refractivity contribution in [1.82, 2.24) is 0 Å². The highest BCUT2D eigenvalue weighted by atomic mass is 32.2. The van der Waals surface area contributed by atoms with Crippen molar-refractivity contribution in [3.63, 3.8) is 0 Å². The molecule has 0 nitrogen and oxygen atoms in total. The Labute approximate surface area is 107 Å². The Balaban J connectivity index is 2.97. The minimum atomic E-state index is 0.525. The quantitative estimate of drug-likeness (QED) is 0.437. The number of thiol groups is 3. The predicted octanol–water partition coefficient (Wildman–Crippen LogP) is 3.00. The molecule has 0 saturated heterocycles. The van der Waals surface area contributed by atoms with E-state index in [1.165, 1.54) is 17.3 Å². The van der Waals surface area contributed by atoms with E-state index in [1.807, 2.05) is 23.5 Å². The lowest BCUT2D eigenvalue weighted by atomic mass is 10.4. The summed E-state index contributed by atoms with van der Waals surface area (Å²) < 4.78 is 0. The van der Waals surface area contributed by atoms with Gasteiger partial charge in [-0.05, 0) is 17.9 Å². The van der Waals surface area contributed by atoms with Gasteiger partial charge in [0.2, 0.25) is 0 Å². The van der Waals surface area contributed by atoms with Crippen LogP contribution >= 0.6 is 61.4 Å². The molecule has 0 aromatic heterocycles. The molecule has 0 rings (SSSR count). The third-order valence-corrected chi connectivity index (χ3v) is 5.23. The van der Waals surface area contributed by atoms with Crippen LogP contribution in [0.2, 0.25) is 0 Å². The Morgan fingerprint density at radius 1 is 0.923 bits per heavy atom. The van der Waals surface area contributed by atoms with Crippen LogP contribution in [-0.4, -0.2) is 39.8 Å². The fourth-order valence-corrected chi connectivity index (χ4v) is 3.97. The molecule has 0 spiro atoms. The normalized spacial score (nSPS) is 13.2. The molecule has 0 aliphatic carbocycles.